The van der Waals surface area contributed by atoms with Crippen molar-refractivity contribution in [1.29, 1.82) is 5.26 Å². The van der Waals surface area contributed by atoms with Gasteiger partial charge in [0, 0.05) is 15.7 Å². The second kappa shape index (κ2) is 8.93. The first-order valence-electron chi connectivity index (χ1n) is 8.16. The van der Waals surface area contributed by atoms with Crippen LogP contribution < -0.4 is 10.1 Å². The fourth-order valence-electron chi connectivity index (χ4n) is 2.27. The van der Waals surface area contributed by atoms with Crippen molar-refractivity contribution in [2.24, 2.45) is 0 Å². The maximum atomic E-state index is 12.8. The Bertz CT molecular complexity index is 947. The topological polar surface area (TPSA) is 62.1 Å². The van der Waals surface area contributed by atoms with Gasteiger partial charge in [0.25, 0.3) is 5.91 Å². The lowest BCUT2D eigenvalue weighted by atomic mass is 10.1. The lowest BCUT2D eigenvalue weighted by molar-refractivity contribution is -0.137. The van der Waals surface area contributed by atoms with Crippen molar-refractivity contribution in [2.45, 2.75) is 26.1 Å². The van der Waals surface area contributed by atoms with Crippen molar-refractivity contribution in [2.75, 3.05) is 5.32 Å². The van der Waals surface area contributed by atoms with Gasteiger partial charge in [-0.15, -0.1) is 0 Å². The summed E-state index contributed by atoms with van der Waals surface area (Å²) in [5, 5.41) is 11.7. The molecule has 8 heteroatoms. The summed E-state index contributed by atoms with van der Waals surface area (Å²) in [6, 6.07) is 11.1. The van der Waals surface area contributed by atoms with E-state index in [1.54, 1.807) is 24.3 Å². The zero-order chi connectivity index (χ0) is 20.9. The lowest BCUT2D eigenvalue weighted by Gasteiger charge is -2.13. The Hall–Kier alpha value is -2.79. The van der Waals surface area contributed by atoms with Crippen LogP contribution in [0.15, 0.2) is 52.5 Å². The lowest BCUT2D eigenvalue weighted by Crippen LogP contribution is -2.14. The molecule has 0 aliphatic heterocycles. The van der Waals surface area contributed by atoms with Crippen LogP contribution in [0.3, 0.4) is 0 Å². The highest BCUT2D eigenvalue weighted by molar-refractivity contribution is 9.10. The monoisotopic (exact) mass is 452 g/mol. The van der Waals surface area contributed by atoms with E-state index in [9.17, 15) is 23.2 Å². The molecule has 1 N–H and O–H groups in total. The molecular formula is C20H16BrF3N2O2. The van der Waals surface area contributed by atoms with Crippen LogP contribution in [-0.4, -0.2) is 12.0 Å². The maximum Gasteiger partial charge on any atom is 0.416 e. The van der Waals surface area contributed by atoms with Crippen molar-refractivity contribution in [3.05, 3.63) is 63.6 Å². The van der Waals surface area contributed by atoms with Gasteiger partial charge >= 0.3 is 6.18 Å². The minimum atomic E-state index is -4.53. The summed E-state index contributed by atoms with van der Waals surface area (Å²) in [5.41, 5.74) is -0.746. The zero-order valence-electron chi connectivity index (χ0n) is 15.0. The molecule has 146 valence electrons. The second-order valence-electron chi connectivity index (χ2n) is 6.05. The Kier molecular flexibility index (Phi) is 6.86. The molecule has 28 heavy (non-hydrogen) atoms. The van der Waals surface area contributed by atoms with Gasteiger partial charge in [-0.25, -0.2) is 0 Å². The van der Waals surface area contributed by atoms with E-state index < -0.39 is 17.6 Å². The van der Waals surface area contributed by atoms with Gasteiger partial charge in [-0.3, -0.25) is 4.79 Å². The maximum absolute atomic E-state index is 12.8. The number of carbonyl (C=O) groups excluding carboxylic acids is 1. The second-order valence-corrected chi connectivity index (χ2v) is 6.97. The van der Waals surface area contributed by atoms with Gasteiger partial charge in [0.15, 0.2) is 0 Å². The molecule has 0 saturated heterocycles. The van der Waals surface area contributed by atoms with Gasteiger partial charge in [0.05, 0.1) is 11.7 Å². The predicted octanol–water partition coefficient (Wildman–Crippen LogP) is 5.80. The Labute approximate surface area is 168 Å². The third-order valence-corrected chi connectivity index (χ3v) is 3.94. The highest BCUT2D eigenvalue weighted by atomic mass is 79.9. The van der Waals surface area contributed by atoms with Gasteiger partial charge in [0.1, 0.15) is 17.4 Å². The molecule has 0 bridgehead atoms. The van der Waals surface area contributed by atoms with E-state index in [1.165, 1.54) is 18.2 Å². The van der Waals surface area contributed by atoms with Crippen molar-refractivity contribution in [3.8, 4) is 11.8 Å². The van der Waals surface area contributed by atoms with E-state index in [-0.39, 0.29) is 17.4 Å². The molecule has 0 aliphatic rings. The summed E-state index contributed by atoms with van der Waals surface area (Å²) in [7, 11) is 0. The standard InChI is InChI=1S/C20H16BrF3N2O2/c1-12(2)28-18-7-6-16(21)9-13(18)8-14(11-25)19(27)26-17-5-3-4-15(10-17)20(22,23)24/h3-10,12H,1-2H3,(H,26,27)/b14-8+. The summed E-state index contributed by atoms with van der Waals surface area (Å²) in [6.07, 6.45) is -3.34. The van der Waals surface area contributed by atoms with Crippen molar-refractivity contribution in [3.63, 3.8) is 0 Å². The molecule has 0 heterocycles. The van der Waals surface area contributed by atoms with Crippen LogP contribution >= 0.6 is 15.9 Å². The van der Waals surface area contributed by atoms with Gasteiger partial charge in [-0.1, -0.05) is 22.0 Å². The number of nitriles is 1. The average molecular weight is 453 g/mol. The normalized spacial score (nSPS) is 11.9. The van der Waals surface area contributed by atoms with E-state index in [0.717, 1.165) is 12.1 Å². The molecule has 0 atom stereocenters. The predicted molar refractivity (Wildman–Crippen MR) is 104 cm³/mol. The third-order valence-electron chi connectivity index (χ3n) is 3.45. The van der Waals surface area contributed by atoms with Crippen LogP contribution in [-0.2, 0) is 11.0 Å². The first-order valence-corrected chi connectivity index (χ1v) is 8.96. The molecule has 0 saturated carbocycles. The summed E-state index contributed by atoms with van der Waals surface area (Å²) in [5.74, 6) is -0.352. The van der Waals surface area contributed by atoms with Gasteiger partial charge in [-0.05, 0) is 56.3 Å². The summed E-state index contributed by atoms with van der Waals surface area (Å²) < 4.78 is 44.8. The van der Waals surface area contributed by atoms with E-state index in [4.69, 9.17) is 4.74 Å². The smallest absolute Gasteiger partial charge is 0.416 e. The molecule has 2 rings (SSSR count). The molecule has 0 fully saturated rings. The highest BCUT2D eigenvalue weighted by Gasteiger charge is 2.30. The van der Waals surface area contributed by atoms with E-state index >= 15 is 0 Å². The van der Waals surface area contributed by atoms with Crippen molar-refractivity contribution in [1.82, 2.24) is 0 Å². The number of benzene rings is 2. The molecule has 0 radical (unpaired) electrons. The number of alkyl halides is 3. The SMILES string of the molecule is CC(C)Oc1ccc(Br)cc1/C=C(\C#N)C(=O)Nc1cccc(C(F)(F)F)c1. The number of nitrogens with one attached hydrogen (secondary N) is 1. The Morgan fingerprint density at radius 1 is 1.25 bits per heavy atom. The summed E-state index contributed by atoms with van der Waals surface area (Å²) in [6.45, 7) is 3.67. The molecule has 1 amide bonds. The Morgan fingerprint density at radius 2 is 1.96 bits per heavy atom. The van der Waals surface area contributed by atoms with Crippen LogP contribution in [0.4, 0.5) is 18.9 Å². The summed E-state index contributed by atoms with van der Waals surface area (Å²) >= 11 is 3.32. The van der Waals surface area contributed by atoms with Crippen molar-refractivity contribution < 1.29 is 22.7 Å². The number of ether oxygens (including phenoxy) is 1. The largest absolute Gasteiger partial charge is 0.490 e. The van der Waals surface area contributed by atoms with Gasteiger partial charge < -0.3 is 10.1 Å². The van der Waals surface area contributed by atoms with Crippen LogP contribution in [0, 0.1) is 11.3 Å². The molecule has 0 unspecified atom stereocenters. The Morgan fingerprint density at radius 3 is 2.57 bits per heavy atom. The minimum absolute atomic E-state index is 0.0612. The van der Waals surface area contributed by atoms with Crippen LogP contribution in [0.25, 0.3) is 6.08 Å². The molecular weight excluding hydrogens is 437 g/mol. The van der Waals surface area contributed by atoms with Gasteiger partial charge in [-0.2, -0.15) is 18.4 Å². The van der Waals surface area contributed by atoms with Crippen molar-refractivity contribution >= 4 is 33.6 Å². The number of hydrogen-bond donors (Lipinski definition) is 1. The molecule has 0 spiro atoms. The van der Waals surface area contributed by atoms with Crippen LogP contribution in [0.1, 0.15) is 25.0 Å². The zero-order valence-corrected chi connectivity index (χ0v) is 16.6. The van der Waals surface area contributed by atoms with Gasteiger partial charge in [0.2, 0.25) is 0 Å². The molecule has 4 nitrogen and oxygen atoms in total. The number of rotatable bonds is 5. The number of amides is 1. The molecule has 2 aromatic carbocycles. The van der Waals surface area contributed by atoms with E-state index in [2.05, 4.69) is 21.2 Å². The number of carbonyl (C=O) groups is 1. The first kappa shape index (κ1) is 21.5. The van der Waals surface area contributed by atoms with Crippen LogP contribution in [0.2, 0.25) is 0 Å². The van der Waals surface area contributed by atoms with E-state index in [0.29, 0.717) is 15.8 Å². The Balaban J connectivity index is 2.32. The summed E-state index contributed by atoms with van der Waals surface area (Å²) in [4.78, 5) is 12.4. The quantitative estimate of drug-likeness (QED) is 0.460. The number of halogens is 4. The molecule has 0 aliphatic carbocycles. The van der Waals surface area contributed by atoms with E-state index in [1.807, 2.05) is 13.8 Å². The number of hydrogen-bond acceptors (Lipinski definition) is 3. The molecule has 2 aromatic rings. The molecule has 0 aromatic heterocycles. The first-order chi connectivity index (χ1) is 13.1. The number of nitrogens with zero attached hydrogens (tertiary/aromatic N) is 1. The average Bonchev–Trinajstić information content (AvgIpc) is 2.60. The number of anilines is 1. The minimum Gasteiger partial charge on any atom is -0.490 e. The highest BCUT2D eigenvalue weighted by Crippen LogP contribution is 2.31. The fourth-order valence-corrected chi connectivity index (χ4v) is 2.65. The fraction of sp³-hybridized carbons (Fsp3) is 0.200. The van der Waals surface area contributed by atoms with Crippen LogP contribution in [0.5, 0.6) is 5.75 Å². The third kappa shape index (κ3) is 5.86.